The molecule has 10 nitrogen and oxygen atoms in total. The maximum absolute atomic E-state index is 11.6. The SMILES string of the molecule is CC(C)c1noc(CC2CCC(C(C)Oc3nn4cc(-c5ccc(S(C)(=O)=O)nc5)nc4s3)CC2)n1. The maximum Gasteiger partial charge on any atom is 0.294 e. The van der Waals surface area contributed by atoms with Crippen LogP contribution in [0, 0.1) is 11.8 Å². The van der Waals surface area contributed by atoms with Crippen molar-refractivity contribution in [1.29, 1.82) is 0 Å². The molecule has 12 heteroatoms. The maximum atomic E-state index is 11.6. The summed E-state index contributed by atoms with van der Waals surface area (Å²) in [6.07, 6.45) is 9.79. The molecule has 1 aliphatic carbocycles. The summed E-state index contributed by atoms with van der Waals surface area (Å²) >= 11 is 1.39. The van der Waals surface area contributed by atoms with E-state index >= 15 is 0 Å². The zero-order valence-corrected chi connectivity index (χ0v) is 22.4. The van der Waals surface area contributed by atoms with Gasteiger partial charge in [-0.05, 0) is 67.9 Å². The number of nitrogens with zero attached hydrogens (tertiary/aromatic N) is 6. The highest BCUT2D eigenvalue weighted by Gasteiger charge is 2.28. The lowest BCUT2D eigenvalue weighted by Crippen LogP contribution is -2.28. The van der Waals surface area contributed by atoms with Crippen LogP contribution in [0.5, 0.6) is 5.19 Å². The minimum atomic E-state index is -3.33. The fraction of sp³-hybridized carbons (Fsp3) is 0.542. The van der Waals surface area contributed by atoms with E-state index in [1.54, 1.807) is 16.8 Å². The third-order valence-corrected chi connectivity index (χ3v) is 8.56. The molecule has 0 amide bonds. The monoisotopic (exact) mass is 530 g/mol. The van der Waals surface area contributed by atoms with E-state index in [2.05, 4.69) is 46.0 Å². The molecule has 4 aromatic heterocycles. The molecule has 0 N–H and O–H groups in total. The van der Waals surface area contributed by atoms with Gasteiger partial charge in [0.2, 0.25) is 10.9 Å². The lowest BCUT2D eigenvalue weighted by Gasteiger charge is -2.31. The van der Waals surface area contributed by atoms with E-state index in [1.807, 2.05) is 0 Å². The van der Waals surface area contributed by atoms with Crippen molar-refractivity contribution >= 4 is 26.1 Å². The van der Waals surface area contributed by atoms with Crippen molar-refractivity contribution in [3.05, 3.63) is 36.2 Å². The third kappa shape index (κ3) is 5.44. The van der Waals surface area contributed by atoms with Crippen molar-refractivity contribution in [2.75, 3.05) is 6.26 Å². The Labute approximate surface area is 214 Å². The largest absolute Gasteiger partial charge is 0.466 e. The molecular weight excluding hydrogens is 500 g/mol. The van der Waals surface area contributed by atoms with Gasteiger partial charge >= 0.3 is 0 Å². The van der Waals surface area contributed by atoms with Crippen LogP contribution >= 0.6 is 11.3 Å². The van der Waals surface area contributed by atoms with Crippen LogP contribution in [-0.2, 0) is 16.3 Å². The number of aromatic nitrogens is 6. The average Bonchev–Trinajstić information content (AvgIpc) is 3.54. The Morgan fingerprint density at radius 2 is 1.94 bits per heavy atom. The lowest BCUT2D eigenvalue weighted by molar-refractivity contribution is 0.106. The van der Waals surface area contributed by atoms with Gasteiger partial charge in [0.15, 0.2) is 20.7 Å². The van der Waals surface area contributed by atoms with Gasteiger partial charge in [-0.3, -0.25) is 0 Å². The number of sulfone groups is 1. The zero-order valence-electron chi connectivity index (χ0n) is 20.8. The van der Waals surface area contributed by atoms with E-state index in [1.165, 1.54) is 23.6 Å². The topological polar surface area (TPSA) is 125 Å². The number of ether oxygens (including phenoxy) is 1. The highest BCUT2D eigenvalue weighted by atomic mass is 32.2. The first-order valence-corrected chi connectivity index (χ1v) is 14.9. The van der Waals surface area contributed by atoms with Crippen molar-refractivity contribution in [3.63, 3.8) is 0 Å². The van der Waals surface area contributed by atoms with Crippen LogP contribution in [0.4, 0.5) is 0 Å². The summed E-state index contributed by atoms with van der Waals surface area (Å²) in [4.78, 5) is 13.9. The molecule has 0 aliphatic heterocycles. The predicted molar refractivity (Wildman–Crippen MR) is 135 cm³/mol. The zero-order chi connectivity index (χ0) is 25.4. The van der Waals surface area contributed by atoms with Gasteiger partial charge in [-0.25, -0.2) is 22.9 Å². The summed E-state index contributed by atoms with van der Waals surface area (Å²) in [6, 6.07) is 3.19. The Kier molecular flexibility index (Phi) is 6.82. The van der Waals surface area contributed by atoms with E-state index in [0.717, 1.165) is 55.6 Å². The normalized spacial score (nSPS) is 19.7. The fourth-order valence-corrected chi connectivity index (χ4v) is 5.94. The molecular formula is C24H30N6O4S2. The highest BCUT2D eigenvalue weighted by molar-refractivity contribution is 7.90. The number of pyridine rings is 1. The van der Waals surface area contributed by atoms with E-state index in [-0.39, 0.29) is 17.0 Å². The Morgan fingerprint density at radius 1 is 1.17 bits per heavy atom. The number of fused-ring (bicyclic) bond motifs is 1. The van der Waals surface area contributed by atoms with Gasteiger partial charge in [-0.1, -0.05) is 19.0 Å². The predicted octanol–water partition coefficient (Wildman–Crippen LogP) is 4.58. The van der Waals surface area contributed by atoms with E-state index in [9.17, 15) is 8.42 Å². The molecule has 5 rings (SSSR count). The second-order valence-corrected chi connectivity index (χ2v) is 12.8. The van der Waals surface area contributed by atoms with E-state index in [4.69, 9.17) is 9.26 Å². The van der Waals surface area contributed by atoms with Crippen molar-refractivity contribution in [2.45, 2.75) is 69.9 Å². The lowest BCUT2D eigenvalue weighted by atomic mass is 9.78. The molecule has 1 fully saturated rings. The summed E-state index contributed by atoms with van der Waals surface area (Å²) in [5.41, 5.74) is 1.41. The molecule has 1 saturated carbocycles. The minimum absolute atomic E-state index is 0.0407. The molecule has 4 aromatic rings. The van der Waals surface area contributed by atoms with Crippen LogP contribution in [-0.4, -0.2) is 50.5 Å². The van der Waals surface area contributed by atoms with Crippen LogP contribution in [0.1, 0.15) is 64.1 Å². The van der Waals surface area contributed by atoms with Crippen molar-refractivity contribution in [2.24, 2.45) is 11.8 Å². The second kappa shape index (κ2) is 9.89. The first-order chi connectivity index (χ1) is 17.2. The molecule has 192 valence electrons. The molecule has 0 spiro atoms. The van der Waals surface area contributed by atoms with Gasteiger partial charge < -0.3 is 9.26 Å². The molecule has 1 aliphatic rings. The number of rotatable bonds is 8. The first kappa shape index (κ1) is 24.8. The fourth-order valence-electron chi connectivity index (χ4n) is 4.57. The molecule has 1 unspecified atom stereocenters. The number of hydrogen-bond acceptors (Lipinski definition) is 10. The van der Waals surface area contributed by atoms with Crippen LogP contribution in [0.2, 0.25) is 0 Å². The molecule has 36 heavy (non-hydrogen) atoms. The summed E-state index contributed by atoms with van der Waals surface area (Å²) in [5.74, 6) is 2.85. The standard InChI is InChI=1S/C24H30N6O4S2/c1-14(2)22-27-20(34-29-22)11-16-5-7-17(8-6-16)15(3)33-24-28-30-13-19(26-23(30)35-24)18-9-10-21(25-12-18)36(4,31)32/h9-10,12-17H,5-8,11H2,1-4H3. The van der Waals surface area contributed by atoms with Crippen LogP contribution in [0.3, 0.4) is 0 Å². The third-order valence-electron chi connectivity index (χ3n) is 6.74. The molecule has 1 atom stereocenters. The molecule has 0 aromatic carbocycles. The van der Waals surface area contributed by atoms with Gasteiger partial charge in [0.05, 0.1) is 11.9 Å². The van der Waals surface area contributed by atoms with Crippen LogP contribution in [0.15, 0.2) is 34.1 Å². The van der Waals surface area contributed by atoms with Gasteiger partial charge in [-0.2, -0.15) is 4.98 Å². The molecule has 4 heterocycles. The summed E-state index contributed by atoms with van der Waals surface area (Å²) in [5, 5.41) is 9.25. The Morgan fingerprint density at radius 3 is 2.56 bits per heavy atom. The van der Waals surface area contributed by atoms with Gasteiger partial charge in [0.25, 0.3) is 5.19 Å². The minimum Gasteiger partial charge on any atom is -0.466 e. The number of hydrogen-bond donors (Lipinski definition) is 0. The van der Waals surface area contributed by atoms with E-state index in [0.29, 0.717) is 27.7 Å². The molecule has 0 bridgehead atoms. The second-order valence-electron chi connectivity index (χ2n) is 9.89. The van der Waals surface area contributed by atoms with Crippen LogP contribution in [0.25, 0.3) is 16.2 Å². The Balaban J connectivity index is 1.16. The van der Waals surface area contributed by atoms with Crippen molar-refractivity contribution in [1.82, 2.24) is 29.7 Å². The van der Waals surface area contributed by atoms with Gasteiger partial charge in [-0.15, -0.1) is 5.10 Å². The van der Waals surface area contributed by atoms with Crippen molar-refractivity contribution < 1.29 is 17.7 Å². The molecule has 0 saturated heterocycles. The van der Waals surface area contributed by atoms with Gasteiger partial charge in [0, 0.05) is 30.4 Å². The van der Waals surface area contributed by atoms with Crippen molar-refractivity contribution in [3.8, 4) is 16.5 Å². The quantitative estimate of drug-likeness (QED) is 0.322. The summed E-state index contributed by atoms with van der Waals surface area (Å²) in [7, 11) is -3.33. The molecule has 0 radical (unpaired) electrons. The van der Waals surface area contributed by atoms with E-state index < -0.39 is 9.84 Å². The highest BCUT2D eigenvalue weighted by Crippen LogP contribution is 2.35. The summed E-state index contributed by atoms with van der Waals surface area (Å²) in [6.45, 7) is 6.25. The number of imidazole rings is 1. The average molecular weight is 531 g/mol. The smallest absolute Gasteiger partial charge is 0.294 e. The van der Waals surface area contributed by atoms with Crippen LogP contribution < -0.4 is 4.74 Å². The van der Waals surface area contributed by atoms with Gasteiger partial charge in [0.1, 0.15) is 6.10 Å². The summed E-state index contributed by atoms with van der Waals surface area (Å²) < 4.78 is 36.6. The first-order valence-electron chi connectivity index (χ1n) is 12.2. The Hall–Kier alpha value is -2.86. The Bertz CT molecular complexity index is 1400.